The summed E-state index contributed by atoms with van der Waals surface area (Å²) in [7, 11) is 3.34. The van der Waals surface area contributed by atoms with Crippen molar-refractivity contribution >= 4 is 0 Å². The highest BCUT2D eigenvalue weighted by molar-refractivity contribution is 5.26. The number of methoxy groups -OCH3 is 2. The van der Waals surface area contributed by atoms with Gasteiger partial charge in [-0.2, -0.15) is 0 Å². The number of ether oxygens (including phenoxy) is 5. The molecule has 25 heavy (non-hydrogen) atoms. The first-order chi connectivity index (χ1) is 12.4. The average Bonchev–Trinajstić information content (AvgIpc) is 2.65. The largest absolute Gasteiger partial charge is 0.497 e. The molecule has 0 radical (unpaired) electrons. The van der Waals surface area contributed by atoms with Gasteiger partial charge in [-0.15, -0.1) is 0 Å². The van der Waals surface area contributed by atoms with Crippen LogP contribution in [0.15, 0.2) is 24.3 Å². The molecule has 1 aromatic carbocycles. The summed E-state index contributed by atoms with van der Waals surface area (Å²) in [4.78, 5) is 0. The zero-order valence-corrected chi connectivity index (χ0v) is 15.8. The van der Waals surface area contributed by atoms with Crippen LogP contribution < -0.4 is 4.74 Å². The summed E-state index contributed by atoms with van der Waals surface area (Å²) in [5.74, 6) is 0.882. The first kappa shape index (κ1) is 21.9. The van der Waals surface area contributed by atoms with Crippen LogP contribution in [0.2, 0.25) is 0 Å². The molecule has 0 amide bonds. The Morgan fingerprint density at radius 2 is 1.24 bits per heavy atom. The van der Waals surface area contributed by atoms with Gasteiger partial charge in [0.1, 0.15) is 12.5 Å². The van der Waals surface area contributed by atoms with E-state index in [0.29, 0.717) is 26.6 Å². The monoisotopic (exact) mass is 354 g/mol. The van der Waals surface area contributed by atoms with Gasteiger partial charge >= 0.3 is 0 Å². The van der Waals surface area contributed by atoms with Gasteiger partial charge in [-0.3, -0.25) is 0 Å². The topological polar surface area (TPSA) is 46.2 Å². The highest BCUT2D eigenvalue weighted by Crippen LogP contribution is 2.12. The molecule has 0 spiro atoms. The van der Waals surface area contributed by atoms with E-state index in [9.17, 15) is 0 Å². The summed E-state index contributed by atoms with van der Waals surface area (Å²) in [6.07, 6.45) is 7.18. The van der Waals surface area contributed by atoms with Crippen molar-refractivity contribution in [3.8, 4) is 5.75 Å². The summed E-state index contributed by atoms with van der Waals surface area (Å²) in [6, 6.07) is 8.02. The van der Waals surface area contributed by atoms with Crippen LogP contribution in [0.5, 0.6) is 5.75 Å². The van der Waals surface area contributed by atoms with Crippen LogP contribution in [0, 0.1) is 0 Å². The fourth-order valence-electron chi connectivity index (χ4n) is 2.35. The van der Waals surface area contributed by atoms with Gasteiger partial charge in [0.2, 0.25) is 0 Å². The third-order valence-electron chi connectivity index (χ3n) is 3.85. The summed E-state index contributed by atoms with van der Waals surface area (Å²) in [5, 5.41) is 0. The third kappa shape index (κ3) is 12.8. The molecule has 144 valence electrons. The van der Waals surface area contributed by atoms with E-state index in [2.05, 4.69) is 0 Å². The lowest BCUT2D eigenvalue weighted by Crippen LogP contribution is -2.06. The molecular weight excluding hydrogens is 320 g/mol. The third-order valence-corrected chi connectivity index (χ3v) is 3.85. The molecule has 0 atom stereocenters. The molecule has 1 rings (SSSR count). The van der Waals surface area contributed by atoms with Crippen molar-refractivity contribution in [1.82, 2.24) is 0 Å². The highest BCUT2D eigenvalue weighted by atomic mass is 16.7. The Morgan fingerprint density at radius 3 is 1.88 bits per heavy atom. The summed E-state index contributed by atoms with van der Waals surface area (Å²) < 4.78 is 26.4. The second-order valence-corrected chi connectivity index (χ2v) is 5.95. The van der Waals surface area contributed by atoms with Crippen molar-refractivity contribution < 1.29 is 23.7 Å². The van der Waals surface area contributed by atoms with Crippen molar-refractivity contribution in [2.45, 2.75) is 45.1 Å². The fraction of sp³-hybridized carbons (Fsp3) is 0.700. The first-order valence-electron chi connectivity index (χ1n) is 9.22. The van der Waals surface area contributed by atoms with Crippen LogP contribution in [-0.4, -0.2) is 47.4 Å². The highest BCUT2D eigenvalue weighted by Gasteiger charge is 1.96. The predicted octanol–water partition coefficient (Wildman–Crippen LogP) is 4.19. The normalized spacial score (nSPS) is 11.0. The average molecular weight is 354 g/mol. The van der Waals surface area contributed by atoms with Gasteiger partial charge in [-0.1, -0.05) is 37.8 Å². The Balaban J connectivity index is 1.78. The van der Waals surface area contributed by atoms with Crippen LogP contribution in [-0.2, 0) is 25.6 Å². The van der Waals surface area contributed by atoms with E-state index in [1.807, 2.05) is 24.3 Å². The maximum absolute atomic E-state index is 5.71. The van der Waals surface area contributed by atoms with Crippen molar-refractivity contribution in [3.05, 3.63) is 29.8 Å². The Hall–Kier alpha value is -1.14. The van der Waals surface area contributed by atoms with E-state index in [-0.39, 0.29) is 0 Å². The minimum absolute atomic E-state index is 0.370. The van der Waals surface area contributed by atoms with E-state index < -0.39 is 0 Å². The molecule has 0 saturated heterocycles. The first-order valence-corrected chi connectivity index (χ1v) is 9.22. The van der Waals surface area contributed by atoms with Crippen LogP contribution >= 0.6 is 0 Å². The van der Waals surface area contributed by atoms with E-state index in [1.165, 1.54) is 31.2 Å². The van der Waals surface area contributed by atoms with Crippen molar-refractivity contribution in [1.29, 1.82) is 0 Å². The Kier molecular flexibility index (Phi) is 14.3. The molecule has 0 unspecified atom stereocenters. The summed E-state index contributed by atoms with van der Waals surface area (Å²) in [6.45, 7) is 3.86. The molecule has 0 heterocycles. The molecule has 0 aliphatic heterocycles. The molecule has 0 fully saturated rings. The van der Waals surface area contributed by atoms with E-state index in [1.54, 1.807) is 14.2 Å². The number of rotatable bonds is 17. The van der Waals surface area contributed by atoms with Crippen molar-refractivity contribution in [2.24, 2.45) is 0 Å². The van der Waals surface area contributed by atoms with Gasteiger partial charge < -0.3 is 23.7 Å². The van der Waals surface area contributed by atoms with Crippen molar-refractivity contribution in [2.75, 3.05) is 47.4 Å². The molecule has 0 saturated carbocycles. The van der Waals surface area contributed by atoms with Gasteiger partial charge in [0.15, 0.2) is 0 Å². The number of unbranched alkanes of at least 4 members (excludes halogenated alkanes) is 5. The van der Waals surface area contributed by atoms with Gasteiger partial charge in [-0.05, 0) is 30.5 Å². The smallest absolute Gasteiger partial charge is 0.146 e. The lowest BCUT2D eigenvalue weighted by molar-refractivity contribution is -0.0664. The van der Waals surface area contributed by atoms with Crippen LogP contribution in [0.3, 0.4) is 0 Å². The fourth-order valence-corrected chi connectivity index (χ4v) is 2.35. The second kappa shape index (κ2) is 16.3. The SMILES string of the molecule is COCCOCOCCCCCCCCOCc1ccc(OC)cc1. The predicted molar refractivity (Wildman–Crippen MR) is 99.0 cm³/mol. The molecule has 0 bridgehead atoms. The Morgan fingerprint density at radius 1 is 0.640 bits per heavy atom. The zero-order chi connectivity index (χ0) is 18.0. The van der Waals surface area contributed by atoms with E-state index in [0.717, 1.165) is 31.8 Å². The summed E-state index contributed by atoms with van der Waals surface area (Å²) in [5.41, 5.74) is 1.19. The Labute approximate surface area is 152 Å². The van der Waals surface area contributed by atoms with Crippen LogP contribution in [0.25, 0.3) is 0 Å². The number of hydrogen-bond donors (Lipinski definition) is 0. The lowest BCUT2D eigenvalue weighted by Gasteiger charge is -2.06. The lowest BCUT2D eigenvalue weighted by atomic mass is 10.1. The number of hydrogen-bond acceptors (Lipinski definition) is 5. The van der Waals surface area contributed by atoms with E-state index in [4.69, 9.17) is 23.7 Å². The standard InChI is InChI=1S/C20H34O5/c1-21-15-16-25-18-24-14-8-6-4-3-5-7-13-23-17-19-9-11-20(22-2)12-10-19/h9-12H,3-8,13-18H2,1-2H3. The van der Waals surface area contributed by atoms with Crippen LogP contribution in [0.4, 0.5) is 0 Å². The molecule has 0 aromatic heterocycles. The molecule has 0 N–H and O–H groups in total. The summed E-state index contributed by atoms with van der Waals surface area (Å²) >= 11 is 0. The zero-order valence-electron chi connectivity index (χ0n) is 15.8. The second-order valence-electron chi connectivity index (χ2n) is 5.95. The quantitative estimate of drug-likeness (QED) is 0.310. The van der Waals surface area contributed by atoms with Gasteiger partial charge in [0, 0.05) is 20.3 Å². The minimum atomic E-state index is 0.370. The molecule has 0 aliphatic rings. The minimum Gasteiger partial charge on any atom is -0.497 e. The maximum atomic E-state index is 5.71. The van der Waals surface area contributed by atoms with Crippen LogP contribution in [0.1, 0.15) is 44.1 Å². The van der Waals surface area contributed by atoms with E-state index >= 15 is 0 Å². The van der Waals surface area contributed by atoms with Gasteiger partial charge in [-0.25, -0.2) is 0 Å². The molecule has 1 aromatic rings. The van der Waals surface area contributed by atoms with Crippen molar-refractivity contribution in [3.63, 3.8) is 0 Å². The van der Waals surface area contributed by atoms with Gasteiger partial charge in [0.25, 0.3) is 0 Å². The molecule has 5 heteroatoms. The molecule has 5 nitrogen and oxygen atoms in total. The molecular formula is C20H34O5. The van der Waals surface area contributed by atoms with Gasteiger partial charge in [0.05, 0.1) is 26.9 Å². The Bertz CT molecular complexity index is 394. The molecule has 0 aliphatic carbocycles. The number of benzene rings is 1. The maximum Gasteiger partial charge on any atom is 0.146 e.